The second kappa shape index (κ2) is 4.66. The Kier molecular flexibility index (Phi) is 3.79. The summed E-state index contributed by atoms with van der Waals surface area (Å²) in [4.78, 5) is 4.28. The lowest BCUT2D eigenvalue weighted by Gasteiger charge is -2.12. The molecule has 0 N–H and O–H groups in total. The maximum Gasteiger partial charge on any atom is 0.108 e. The molecule has 1 rings (SSSR count). The van der Waals surface area contributed by atoms with Gasteiger partial charge in [-0.3, -0.25) is 0 Å². The van der Waals surface area contributed by atoms with E-state index in [4.69, 9.17) is 11.6 Å². The molecule has 2 atom stereocenters. The van der Waals surface area contributed by atoms with E-state index in [1.165, 1.54) is 0 Å². The van der Waals surface area contributed by atoms with Crippen LogP contribution >= 0.6 is 11.6 Å². The maximum absolute atomic E-state index is 5.93. The predicted molar refractivity (Wildman–Crippen MR) is 56.0 cm³/mol. The summed E-state index contributed by atoms with van der Waals surface area (Å²) in [6.07, 6.45) is 5.88. The SMILES string of the molecule is CC(Cl)CC(C)Cc1nccn1C. The molecule has 2 nitrogen and oxygen atoms in total. The van der Waals surface area contributed by atoms with Crippen molar-refractivity contribution >= 4 is 11.6 Å². The standard InChI is InChI=1S/C10H17ClN2/c1-8(6-9(2)11)7-10-12-4-5-13(10)3/h4-5,8-9H,6-7H2,1-3H3. The fourth-order valence-electron chi connectivity index (χ4n) is 1.54. The number of hydrogen-bond acceptors (Lipinski definition) is 1. The van der Waals surface area contributed by atoms with Crippen molar-refractivity contribution in [3.05, 3.63) is 18.2 Å². The van der Waals surface area contributed by atoms with Crippen molar-refractivity contribution < 1.29 is 0 Å². The van der Waals surface area contributed by atoms with Crippen LogP contribution in [0.1, 0.15) is 26.1 Å². The van der Waals surface area contributed by atoms with E-state index < -0.39 is 0 Å². The van der Waals surface area contributed by atoms with Gasteiger partial charge in [-0.2, -0.15) is 0 Å². The Morgan fingerprint density at radius 3 is 2.69 bits per heavy atom. The highest BCUT2D eigenvalue weighted by Crippen LogP contribution is 2.14. The molecule has 13 heavy (non-hydrogen) atoms. The Morgan fingerprint density at radius 1 is 1.54 bits per heavy atom. The Balaban J connectivity index is 2.45. The first-order chi connectivity index (χ1) is 6.09. The summed E-state index contributed by atoms with van der Waals surface area (Å²) < 4.78 is 2.06. The molecular weight excluding hydrogens is 184 g/mol. The summed E-state index contributed by atoms with van der Waals surface area (Å²) in [5.74, 6) is 1.75. The van der Waals surface area contributed by atoms with Crippen molar-refractivity contribution in [1.82, 2.24) is 9.55 Å². The normalized spacial score (nSPS) is 15.7. The Labute approximate surface area is 84.9 Å². The average Bonchev–Trinajstić information content (AvgIpc) is 2.34. The van der Waals surface area contributed by atoms with Gasteiger partial charge < -0.3 is 4.57 Å². The van der Waals surface area contributed by atoms with Gasteiger partial charge in [0.2, 0.25) is 0 Å². The van der Waals surface area contributed by atoms with Gasteiger partial charge in [0.15, 0.2) is 0 Å². The van der Waals surface area contributed by atoms with Crippen LogP contribution in [0.2, 0.25) is 0 Å². The molecule has 0 aromatic carbocycles. The van der Waals surface area contributed by atoms with Gasteiger partial charge in [-0.25, -0.2) is 4.98 Å². The Hall–Kier alpha value is -0.500. The first-order valence-electron chi connectivity index (χ1n) is 4.70. The second-order valence-corrected chi connectivity index (χ2v) is 4.53. The van der Waals surface area contributed by atoms with Gasteiger partial charge in [0.1, 0.15) is 5.82 Å². The molecule has 0 saturated carbocycles. The first-order valence-corrected chi connectivity index (χ1v) is 5.13. The van der Waals surface area contributed by atoms with E-state index in [-0.39, 0.29) is 5.38 Å². The van der Waals surface area contributed by atoms with Gasteiger partial charge in [-0.1, -0.05) is 6.92 Å². The number of alkyl halides is 1. The highest BCUT2D eigenvalue weighted by atomic mass is 35.5. The molecule has 0 spiro atoms. The van der Waals surface area contributed by atoms with E-state index in [0.717, 1.165) is 18.7 Å². The molecule has 1 heterocycles. The van der Waals surface area contributed by atoms with Crippen LogP contribution in [0.4, 0.5) is 0 Å². The molecule has 0 fully saturated rings. The topological polar surface area (TPSA) is 17.8 Å². The third-order valence-corrected chi connectivity index (χ3v) is 2.36. The average molecular weight is 201 g/mol. The zero-order valence-electron chi connectivity index (χ0n) is 8.50. The van der Waals surface area contributed by atoms with E-state index in [1.807, 2.05) is 26.4 Å². The molecule has 0 aliphatic heterocycles. The maximum atomic E-state index is 5.93. The monoisotopic (exact) mass is 200 g/mol. The zero-order chi connectivity index (χ0) is 9.84. The quantitative estimate of drug-likeness (QED) is 0.684. The fraction of sp³-hybridized carbons (Fsp3) is 0.700. The summed E-state index contributed by atoms with van der Waals surface area (Å²) in [6.45, 7) is 4.25. The summed E-state index contributed by atoms with van der Waals surface area (Å²) >= 11 is 5.93. The van der Waals surface area contributed by atoms with Gasteiger partial charge >= 0.3 is 0 Å². The number of nitrogens with zero attached hydrogens (tertiary/aromatic N) is 2. The number of imidazole rings is 1. The largest absolute Gasteiger partial charge is 0.338 e. The highest BCUT2D eigenvalue weighted by molar-refractivity contribution is 6.20. The van der Waals surface area contributed by atoms with Crippen molar-refractivity contribution in [3.8, 4) is 0 Å². The van der Waals surface area contributed by atoms with Crippen LogP contribution in [0.25, 0.3) is 0 Å². The van der Waals surface area contributed by atoms with Crippen LogP contribution < -0.4 is 0 Å². The number of hydrogen-bond donors (Lipinski definition) is 0. The van der Waals surface area contributed by atoms with Gasteiger partial charge in [-0.05, 0) is 19.3 Å². The molecule has 3 heteroatoms. The summed E-state index contributed by atoms with van der Waals surface area (Å²) in [6, 6.07) is 0. The lowest BCUT2D eigenvalue weighted by molar-refractivity contribution is 0.505. The number of aryl methyl sites for hydroxylation is 1. The Morgan fingerprint density at radius 2 is 2.23 bits per heavy atom. The van der Waals surface area contributed by atoms with E-state index in [2.05, 4.69) is 16.5 Å². The third-order valence-electron chi connectivity index (χ3n) is 2.18. The highest BCUT2D eigenvalue weighted by Gasteiger charge is 2.09. The molecule has 0 aliphatic rings. The minimum atomic E-state index is 0.260. The van der Waals surface area contributed by atoms with Crippen molar-refractivity contribution in [3.63, 3.8) is 0 Å². The molecule has 74 valence electrons. The van der Waals surface area contributed by atoms with Crippen LogP contribution in [-0.4, -0.2) is 14.9 Å². The first kappa shape index (κ1) is 10.6. The molecule has 0 aliphatic carbocycles. The molecule has 0 bridgehead atoms. The molecule has 2 unspecified atom stereocenters. The minimum Gasteiger partial charge on any atom is -0.338 e. The van der Waals surface area contributed by atoms with E-state index >= 15 is 0 Å². The lowest BCUT2D eigenvalue weighted by Crippen LogP contribution is -2.09. The Bertz CT molecular complexity index is 255. The summed E-state index contributed by atoms with van der Waals surface area (Å²) in [5.41, 5.74) is 0. The number of aromatic nitrogens is 2. The van der Waals surface area contributed by atoms with Gasteiger partial charge in [-0.15, -0.1) is 11.6 Å². The van der Waals surface area contributed by atoms with Crippen LogP contribution in [0.3, 0.4) is 0 Å². The van der Waals surface area contributed by atoms with Crippen LogP contribution in [0.15, 0.2) is 12.4 Å². The second-order valence-electron chi connectivity index (χ2n) is 3.78. The van der Waals surface area contributed by atoms with Crippen LogP contribution in [0, 0.1) is 5.92 Å². The van der Waals surface area contributed by atoms with Gasteiger partial charge in [0, 0.05) is 31.2 Å². The van der Waals surface area contributed by atoms with E-state index in [1.54, 1.807) is 0 Å². The van der Waals surface area contributed by atoms with E-state index in [0.29, 0.717) is 5.92 Å². The van der Waals surface area contributed by atoms with Crippen molar-refractivity contribution in [2.75, 3.05) is 0 Å². The van der Waals surface area contributed by atoms with Crippen LogP contribution in [-0.2, 0) is 13.5 Å². The molecule has 0 radical (unpaired) electrons. The van der Waals surface area contributed by atoms with E-state index in [9.17, 15) is 0 Å². The lowest BCUT2D eigenvalue weighted by atomic mass is 10.0. The molecule has 0 saturated heterocycles. The van der Waals surface area contributed by atoms with Gasteiger partial charge in [0.25, 0.3) is 0 Å². The van der Waals surface area contributed by atoms with Crippen molar-refractivity contribution in [1.29, 1.82) is 0 Å². The van der Waals surface area contributed by atoms with Crippen molar-refractivity contribution in [2.24, 2.45) is 13.0 Å². The molecule has 1 aromatic heterocycles. The fourth-order valence-corrected chi connectivity index (χ4v) is 1.85. The number of rotatable bonds is 4. The van der Waals surface area contributed by atoms with Crippen LogP contribution in [0.5, 0.6) is 0 Å². The predicted octanol–water partition coefficient (Wildman–Crippen LogP) is 2.62. The minimum absolute atomic E-state index is 0.260. The molecule has 1 aromatic rings. The zero-order valence-corrected chi connectivity index (χ0v) is 9.25. The molecule has 0 amide bonds. The van der Waals surface area contributed by atoms with Crippen molar-refractivity contribution in [2.45, 2.75) is 32.1 Å². The van der Waals surface area contributed by atoms with Gasteiger partial charge in [0.05, 0.1) is 0 Å². The smallest absolute Gasteiger partial charge is 0.108 e. The third kappa shape index (κ3) is 3.39. The summed E-state index contributed by atoms with van der Waals surface area (Å²) in [5, 5.41) is 0.260. The number of halogens is 1. The molecular formula is C10H17ClN2. The summed E-state index contributed by atoms with van der Waals surface area (Å²) in [7, 11) is 2.03.